The SMILES string of the molecule is CC1=C(C(N)=O)C(c2sccc2C)n2nc(-c3cccc(O)c3)nc2N1. The molecule has 2 aromatic heterocycles. The summed E-state index contributed by atoms with van der Waals surface area (Å²) in [5, 5.41) is 19.4. The molecule has 3 heterocycles. The molecule has 26 heavy (non-hydrogen) atoms. The van der Waals surface area contributed by atoms with Crippen molar-refractivity contribution in [1.82, 2.24) is 14.8 Å². The number of aromatic hydroxyl groups is 1. The van der Waals surface area contributed by atoms with E-state index in [4.69, 9.17) is 5.73 Å². The van der Waals surface area contributed by atoms with E-state index in [0.29, 0.717) is 28.6 Å². The first-order valence-electron chi connectivity index (χ1n) is 8.03. The Morgan fingerprint density at radius 3 is 2.81 bits per heavy atom. The Balaban J connectivity index is 1.90. The van der Waals surface area contributed by atoms with E-state index in [0.717, 1.165) is 10.4 Å². The maximum absolute atomic E-state index is 12.1. The summed E-state index contributed by atoms with van der Waals surface area (Å²) in [4.78, 5) is 17.7. The molecule has 132 valence electrons. The number of benzene rings is 1. The lowest BCUT2D eigenvalue weighted by atomic mass is 9.99. The highest BCUT2D eigenvalue weighted by Gasteiger charge is 2.34. The quantitative estimate of drug-likeness (QED) is 0.660. The van der Waals surface area contributed by atoms with Gasteiger partial charge in [-0.1, -0.05) is 12.1 Å². The van der Waals surface area contributed by atoms with Crippen LogP contribution in [0, 0.1) is 6.92 Å². The van der Waals surface area contributed by atoms with Crippen LogP contribution in [0.3, 0.4) is 0 Å². The van der Waals surface area contributed by atoms with Crippen LogP contribution in [-0.2, 0) is 4.79 Å². The first kappa shape index (κ1) is 16.3. The smallest absolute Gasteiger partial charge is 0.248 e. The van der Waals surface area contributed by atoms with Gasteiger partial charge >= 0.3 is 0 Å². The second-order valence-electron chi connectivity index (χ2n) is 6.15. The first-order chi connectivity index (χ1) is 12.5. The van der Waals surface area contributed by atoms with Crippen LogP contribution in [0.5, 0.6) is 5.75 Å². The van der Waals surface area contributed by atoms with E-state index in [1.807, 2.05) is 31.4 Å². The number of primary amides is 1. The standard InChI is InChI=1S/C18H17N5O2S/c1-9-6-7-26-15(9)14-13(16(19)25)10(2)20-18-21-17(22-23(14)18)11-4-3-5-12(24)8-11/h3-8,14,24H,1-2H3,(H2,19,25)(H,20,21,22). The van der Waals surface area contributed by atoms with Crippen molar-refractivity contribution in [2.45, 2.75) is 19.9 Å². The molecule has 0 bridgehead atoms. The lowest BCUT2D eigenvalue weighted by Crippen LogP contribution is -2.31. The summed E-state index contributed by atoms with van der Waals surface area (Å²) < 4.78 is 1.69. The van der Waals surface area contributed by atoms with Gasteiger partial charge in [-0.2, -0.15) is 4.98 Å². The lowest BCUT2D eigenvalue weighted by molar-refractivity contribution is -0.115. The van der Waals surface area contributed by atoms with Crippen LogP contribution in [0.25, 0.3) is 11.4 Å². The number of thiophene rings is 1. The van der Waals surface area contributed by atoms with Gasteiger partial charge in [0, 0.05) is 16.1 Å². The number of carbonyl (C=O) groups excluding carboxylic acids is 1. The highest BCUT2D eigenvalue weighted by atomic mass is 32.1. The molecular weight excluding hydrogens is 350 g/mol. The number of aryl methyl sites for hydroxylation is 1. The number of nitrogens with zero attached hydrogens (tertiary/aromatic N) is 3. The first-order valence-corrected chi connectivity index (χ1v) is 8.91. The minimum absolute atomic E-state index is 0.140. The third-order valence-corrected chi connectivity index (χ3v) is 5.44. The van der Waals surface area contributed by atoms with Gasteiger partial charge in [-0.3, -0.25) is 4.79 Å². The Labute approximate surface area is 153 Å². The topological polar surface area (TPSA) is 106 Å². The molecule has 1 aromatic carbocycles. The Morgan fingerprint density at radius 1 is 1.35 bits per heavy atom. The molecule has 0 spiro atoms. The number of nitrogens with one attached hydrogen (secondary N) is 1. The number of amides is 1. The van der Waals surface area contributed by atoms with E-state index in [9.17, 15) is 9.90 Å². The number of aromatic nitrogens is 3. The molecule has 0 saturated carbocycles. The summed E-state index contributed by atoms with van der Waals surface area (Å²) in [5.41, 5.74) is 8.56. The number of fused-ring (bicyclic) bond motifs is 1. The van der Waals surface area contributed by atoms with Gasteiger partial charge in [0.1, 0.15) is 11.8 Å². The van der Waals surface area contributed by atoms with Crippen molar-refractivity contribution < 1.29 is 9.90 Å². The normalized spacial score (nSPS) is 16.3. The third kappa shape index (κ3) is 2.55. The summed E-state index contributed by atoms with van der Waals surface area (Å²) >= 11 is 1.55. The minimum atomic E-state index is -0.493. The van der Waals surface area contributed by atoms with Gasteiger partial charge in [0.15, 0.2) is 5.82 Å². The number of rotatable bonds is 3. The van der Waals surface area contributed by atoms with Crippen LogP contribution in [-0.4, -0.2) is 25.8 Å². The van der Waals surface area contributed by atoms with Gasteiger partial charge in [0.05, 0.1) is 5.57 Å². The zero-order valence-electron chi connectivity index (χ0n) is 14.2. The summed E-state index contributed by atoms with van der Waals surface area (Å²) in [6.07, 6.45) is 0. The zero-order chi connectivity index (χ0) is 18.4. The van der Waals surface area contributed by atoms with Crippen LogP contribution < -0.4 is 11.1 Å². The van der Waals surface area contributed by atoms with Crippen molar-refractivity contribution in [3.8, 4) is 17.1 Å². The average molecular weight is 367 g/mol. The number of carbonyl (C=O) groups is 1. The van der Waals surface area contributed by atoms with Gasteiger partial charge in [0.2, 0.25) is 11.9 Å². The van der Waals surface area contributed by atoms with Crippen molar-refractivity contribution in [2.24, 2.45) is 5.73 Å². The van der Waals surface area contributed by atoms with E-state index < -0.39 is 11.9 Å². The number of nitrogens with two attached hydrogens (primary N) is 1. The van der Waals surface area contributed by atoms with E-state index in [1.54, 1.807) is 34.2 Å². The number of anilines is 1. The maximum Gasteiger partial charge on any atom is 0.248 e. The van der Waals surface area contributed by atoms with Gasteiger partial charge in [-0.25, -0.2) is 4.68 Å². The van der Waals surface area contributed by atoms with Gasteiger partial charge < -0.3 is 16.2 Å². The van der Waals surface area contributed by atoms with Crippen molar-refractivity contribution in [1.29, 1.82) is 0 Å². The Hall–Kier alpha value is -3.13. The Morgan fingerprint density at radius 2 is 2.15 bits per heavy atom. The number of phenolic OH excluding ortho intramolecular Hbond substituents is 1. The van der Waals surface area contributed by atoms with E-state index >= 15 is 0 Å². The molecule has 1 atom stereocenters. The fourth-order valence-corrected chi connectivity index (χ4v) is 4.16. The van der Waals surface area contributed by atoms with Crippen LogP contribution in [0.2, 0.25) is 0 Å². The van der Waals surface area contributed by atoms with E-state index in [1.165, 1.54) is 0 Å². The molecule has 4 N–H and O–H groups in total. The summed E-state index contributed by atoms with van der Waals surface area (Å²) in [7, 11) is 0. The maximum atomic E-state index is 12.1. The predicted octanol–water partition coefficient (Wildman–Crippen LogP) is 2.79. The molecule has 0 saturated heterocycles. The average Bonchev–Trinajstić information content (AvgIpc) is 3.19. The molecule has 1 unspecified atom stereocenters. The summed E-state index contributed by atoms with van der Waals surface area (Å²) in [5.74, 6) is 0.638. The molecule has 1 aliphatic rings. The fraction of sp³-hybridized carbons (Fsp3) is 0.167. The molecule has 3 aromatic rings. The molecule has 0 radical (unpaired) electrons. The number of phenols is 1. The Kier molecular flexibility index (Phi) is 3.77. The molecular formula is C18H17N5O2S. The van der Waals surface area contributed by atoms with Crippen molar-refractivity contribution in [3.05, 3.63) is 57.4 Å². The third-order valence-electron chi connectivity index (χ3n) is 4.37. The van der Waals surface area contributed by atoms with E-state index in [-0.39, 0.29) is 5.75 Å². The Bertz CT molecular complexity index is 1050. The van der Waals surface area contributed by atoms with Crippen molar-refractivity contribution in [3.63, 3.8) is 0 Å². The highest BCUT2D eigenvalue weighted by Crippen LogP contribution is 2.39. The summed E-state index contributed by atoms with van der Waals surface area (Å²) in [6.45, 7) is 3.80. The summed E-state index contributed by atoms with van der Waals surface area (Å²) in [6, 6.07) is 8.32. The lowest BCUT2D eigenvalue weighted by Gasteiger charge is -2.27. The van der Waals surface area contributed by atoms with Crippen LogP contribution >= 0.6 is 11.3 Å². The molecule has 1 amide bonds. The van der Waals surface area contributed by atoms with E-state index in [2.05, 4.69) is 15.4 Å². The molecule has 4 rings (SSSR count). The number of hydrogen-bond acceptors (Lipinski definition) is 6. The van der Waals surface area contributed by atoms with Crippen LogP contribution in [0.1, 0.15) is 23.4 Å². The molecule has 7 nitrogen and oxygen atoms in total. The van der Waals surface area contributed by atoms with Crippen LogP contribution in [0.15, 0.2) is 47.0 Å². The predicted molar refractivity (Wildman–Crippen MR) is 99.8 cm³/mol. The van der Waals surface area contributed by atoms with Gasteiger partial charge in [-0.15, -0.1) is 16.4 Å². The molecule has 0 aliphatic carbocycles. The number of allylic oxidation sites excluding steroid dienone is 1. The van der Waals surface area contributed by atoms with Gasteiger partial charge in [-0.05, 0) is 43.0 Å². The number of hydrogen-bond donors (Lipinski definition) is 3. The monoisotopic (exact) mass is 367 g/mol. The van der Waals surface area contributed by atoms with Gasteiger partial charge in [0.25, 0.3) is 0 Å². The second-order valence-corrected chi connectivity index (χ2v) is 7.10. The zero-order valence-corrected chi connectivity index (χ0v) is 15.0. The fourth-order valence-electron chi connectivity index (χ4n) is 3.14. The highest BCUT2D eigenvalue weighted by molar-refractivity contribution is 7.10. The van der Waals surface area contributed by atoms with Crippen molar-refractivity contribution >= 4 is 23.2 Å². The molecule has 8 heteroatoms. The van der Waals surface area contributed by atoms with Crippen molar-refractivity contribution in [2.75, 3.05) is 5.32 Å². The molecule has 0 fully saturated rings. The van der Waals surface area contributed by atoms with Crippen LogP contribution in [0.4, 0.5) is 5.95 Å². The minimum Gasteiger partial charge on any atom is -0.508 e. The second kappa shape index (κ2) is 5.99. The largest absolute Gasteiger partial charge is 0.508 e. The molecule has 1 aliphatic heterocycles.